The van der Waals surface area contributed by atoms with Gasteiger partial charge in [0.1, 0.15) is 6.54 Å². The molecule has 18 heavy (non-hydrogen) atoms. The molecular weight excluding hydrogens is 292 g/mol. The molecule has 0 aliphatic carbocycles. The number of carbonyl (C=O) groups excluding carboxylic acids is 1. The van der Waals surface area contributed by atoms with Gasteiger partial charge in [0.05, 0.1) is 16.6 Å². The summed E-state index contributed by atoms with van der Waals surface area (Å²) in [5.74, 6) is -0.765. The van der Waals surface area contributed by atoms with Gasteiger partial charge in [-0.05, 0) is 18.2 Å². The normalized spacial score (nSPS) is 11.2. The van der Waals surface area contributed by atoms with E-state index in [1.54, 1.807) is 11.4 Å². The second-order valence-electron chi connectivity index (χ2n) is 3.37. The Bertz CT molecular complexity index is 438. The second-order valence-corrected chi connectivity index (χ2v) is 4.19. The summed E-state index contributed by atoms with van der Waals surface area (Å²) in [5, 5.41) is 5.00. The first kappa shape index (κ1) is 14.9. The van der Waals surface area contributed by atoms with Crippen molar-refractivity contribution in [3.05, 3.63) is 28.2 Å². The maximum atomic E-state index is 11.8. The Morgan fingerprint density at radius 3 is 2.44 bits per heavy atom. The van der Waals surface area contributed by atoms with Crippen molar-refractivity contribution in [2.75, 3.05) is 18.4 Å². The van der Waals surface area contributed by atoms with Gasteiger partial charge in [0.25, 0.3) is 0 Å². The van der Waals surface area contributed by atoms with Crippen molar-refractivity contribution < 1.29 is 18.0 Å². The summed E-state index contributed by atoms with van der Waals surface area (Å²) in [6.45, 7) is -1.64. The predicted molar refractivity (Wildman–Crippen MR) is 64.0 cm³/mol. The number of nitrogens with one attached hydrogen (secondary N) is 2. The Morgan fingerprint density at radius 1 is 1.22 bits per heavy atom. The van der Waals surface area contributed by atoms with E-state index < -0.39 is 18.6 Å². The van der Waals surface area contributed by atoms with Gasteiger partial charge < -0.3 is 10.6 Å². The van der Waals surface area contributed by atoms with Crippen LogP contribution in [0.5, 0.6) is 0 Å². The third-order valence-electron chi connectivity index (χ3n) is 1.86. The Balaban J connectivity index is 2.40. The maximum Gasteiger partial charge on any atom is 0.405 e. The number of rotatable bonds is 4. The van der Waals surface area contributed by atoms with E-state index in [-0.39, 0.29) is 11.6 Å². The molecule has 1 aromatic rings. The highest BCUT2D eigenvalue weighted by Crippen LogP contribution is 2.24. The van der Waals surface area contributed by atoms with Crippen LogP contribution in [0.4, 0.5) is 18.9 Å². The number of benzene rings is 1. The average molecular weight is 301 g/mol. The Kier molecular flexibility index (Phi) is 5.10. The van der Waals surface area contributed by atoms with E-state index in [9.17, 15) is 18.0 Å². The van der Waals surface area contributed by atoms with Crippen molar-refractivity contribution in [2.24, 2.45) is 0 Å². The molecule has 1 rings (SSSR count). The number of halogens is 5. The molecule has 0 aromatic heterocycles. The molecule has 0 unspecified atom stereocenters. The van der Waals surface area contributed by atoms with Crippen molar-refractivity contribution >= 4 is 34.8 Å². The summed E-state index contributed by atoms with van der Waals surface area (Å²) >= 11 is 11.4. The lowest BCUT2D eigenvalue weighted by Gasteiger charge is -2.10. The van der Waals surface area contributed by atoms with Gasteiger partial charge in [-0.25, -0.2) is 0 Å². The van der Waals surface area contributed by atoms with Crippen LogP contribution in [0.1, 0.15) is 0 Å². The van der Waals surface area contributed by atoms with Crippen LogP contribution in [-0.4, -0.2) is 25.2 Å². The summed E-state index contributed by atoms with van der Waals surface area (Å²) in [7, 11) is 0. The summed E-state index contributed by atoms with van der Waals surface area (Å²) in [5.41, 5.74) is 0.492. The zero-order chi connectivity index (χ0) is 13.8. The van der Waals surface area contributed by atoms with Crippen LogP contribution in [0, 0.1) is 0 Å². The molecule has 0 aliphatic heterocycles. The fraction of sp³-hybridized carbons (Fsp3) is 0.300. The first-order valence-electron chi connectivity index (χ1n) is 4.80. The average Bonchev–Trinajstić information content (AvgIpc) is 2.27. The fourth-order valence-corrected chi connectivity index (χ4v) is 1.35. The lowest BCUT2D eigenvalue weighted by Crippen LogP contribution is -2.37. The van der Waals surface area contributed by atoms with Gasteiger partial charge in [0.15, 0.2) is 0 Å². The number of amides is 1. The highest BCUT2D eigenvalue weighted by Gasteiger charge is 2.27. The molecule has 0 bridgehead atoms. The van der Waals surface area contributed by atoms with E-state index >= 15 is 0 Å². The van der Waals surface area contributed by atoms with Crippen LogP contribution in [0.25, 0.3) is 0 Å². The molecule has 1 amide bonds. The topological polar surface area (TPSA) is 41.1 Å². The molecule has 0 fully saturated rings. The van der Waals surface area contributed by atoms with E-state index in [0.29, 0.717) is 10.7 Å². The monoisotopic (exact) mass is 300 g/mol. The molecule has 1 aromatic carbocycles. The van der Waals surface area contributed by atoms with E-state index in [0.717, 1.165) is 0 Å². The predicted octanol–water partition coefficient (Wildman–Crippen LogP) is 3.08. The maximum absolute atomic E-state index is 11.8. The van der Waals surface area contributed by atoms with Crippen molar-refractivity contribution in [3.63, 3.8) is 0 Å². The molecule has 0 saturated heterocycles. The number of hydrogen-bond donors (Lipinski definition) is 2. The molecule has 0 spiro atoms. The fourth-order valence-electron chi connectivity index (χ4n) is 1.05. The lowest BCUT2D eigenvalue weighted by atomic mass is 10.3. The zero-order valence-corrected chi connectivity index (χ0v) is 10.5. The summed E-state index contributed by atoms with van der Waals surface area (Å²) in [6.07, 6.45) is -4.42. The number of alkyl halides is 3. The van der Waals surface area contributed by atoms with Gasteiger partial charge >= 0.3 is 6.18 Å². The second kappa shape index (κ2) is 6.15. The first-order valence-corrected chi connectivity index (χ1v) is 5.56. The van der Waals surface area contributed by atoms with Crippen LogP contribution >= 0.6 is 23.2 Å². The highest BCUT2D eigenvalue weighted by molar-refractivity contribution is 6.42. The molecule has 0 aliphatic rings. The van der Waals surface area contributed by atoms with E-state index in [1.807, 2.05) is 0 Å². The van der Waals surface area contributed by atoms with Crippen molar-refractivity contribution in [3.8, 4) is 0 Å². The van der Waals surface area contributed by atoms with Crippen LogP contribution in [0.15, 0.2) is 18.2 Å². The molecule has 8 heteroatoms. The van der Waals surface area contributed by atoms with Crippen LogP contribution in [0.3, 0.4) is 0 Å². The van der Waals surface area contributed by atoms with Gasteiger partial charge in [0, 0.05) is 5.69 Å². The first-order chi connectivity index (χ1) is 8.28. The number of anilines is 1. The minimum Gasteiger partial charge on any atom is -0.376 e. The Labute approximate surface area is 111 Å². The molecule has 0 heterocycles. The number of hydrogen-bond acceptors (Lipinski definition) is 2. The van der Waals surface area contributed by atoms with E-state index in [2.05, 4.69) is 5.32 Å². The molecule has 100 valence electrons. The number of carbonyl (C=O) groups is 1. The SMILES string of the molecule is O=C(CNc1ccc(Cl)c(Cl)c1)NCC(F)(F)F. The zero-order valence-electron chi connectivity index (χ0n) is 8.94. The minimum absolute atomic E-state index is 0.284. The van der Waals surface area contributed by atoms with E-state index in [1.165, 1.54) is 12.1 Å². The highest BCUT2D eigenvalue weighted by atomic mass is 35.5. The van der Waals surface area contributed by atoms with Crippen molar-refractivity contribution in [1.82, 2.24) is 5.32 Å². The Morgan fingerprint density at radius 2 is 1.89 bits per heavy atom. The Hall–Kier alpha value is -1.14. The third kappa shape index (κ3) is 5.46. The lowest BCUT2D eigenvalue weighted by molar-refractivity contribution is -0.137. The van der Waals surface area contributed by atoms with Gasteiger partial charge in [-0.15, -0.1) is 0 Å². The van der Waals surface area contributed by atoms with Crippen LogP contribution in [-0.2, 0) is 4.79 Å². The summed E-state index contributed by atoms with van der Waals surface area (Å²) in [6, 6.07) is 4.55. The van der Waals surface area contributed by atoms with Crippen molar-refractivity contribution in [2.45, 2.75) is 6.18 Å². The molecule has 0 radical (unpaired) electrons. The van der Waals surface area contributed by atoms with Gasteiger partial charge in [-0.1, -0.05) is 23.2 Å². The minimum atomic E-state index is -4.42. The molecule has 3 nitrogen and oxygen atoms in total. The van der Waals surface area contributed by atoms with Gasteiger partial charge in [0.2, 0.25) is 5.91 Å². The third-order valence-corrected chi connectivity index (χ3v) is 2.60. The molecule has 0 saturated carbocycles. The smallest absolute Gasteiger partial charge is 0.376 e. The largest absolute Gasteiger partial charge is 0.405 e. The van der Waals surface area contributed by atoms with Crippen LogP contribution < -0.4 is 10.6 Å². The van der Waals surface area contributed by atoms with Gasteiger partial charge in [-0.3, -0.25) is 4.79 Å². The van der Waals surface area contributed by atoms with Crippen LogP contribution in [0.2, 0.25) is 10.0 Å². The van der Waals surface area contributed by atoms with Gasteiger partial charge in [-0.2, -0.15) is 13.2 Å². The standard InChI is InChI=1S/C10H9Cl2F3N2O/c11-7-2-1-6(3-8(7)12)16-4-9(18)17-5-10(13,14)15/h1-3,16H,4-5H2,(H,17,18). The molecular formula is C10H9Cl2F3N2O. The van der Waals surface area contributed by atoms with Crippen molar-refractivity contribution in [1.29, 1.82) is 0 Å². The van der Waals surface area contributed by atoms with E-state index in [4.69, 9.17) is 23.2 Å². The molecule has 0 atom stereocenters. The molecule has 2 N–H and O–H groups in total. The summed E-state index contributed by atoms with van der Waals surface area (Å²) in [4.78, 5) is 11.1. The quantitative estimate of drug-likeness (QED) is 0.897. The summed E-state index contributed by atoms with van der Waals surface area (Å²) < 4.78 is 35.4.